The molecular weight excluding hydrogens is 545 g/mol. The van der Waals surface area contributed by atoms with Crippen LogP contribution in [0.4, 0.5) is 4.39 Å². The van der Waals surface area contributed by atoms with Crippen LogP contribution < -0.4 is 10.1 Å². The SMILES string of the molecule is COc1ccc(CCN2C=NC3CC(N=C(NC4CC5C[C@H]([C@@H]4C)C5(C)C)N4CCC(C)(O)CC4)C=CC3C2=O)c(F)c1. The molecule has 0 aromatic heterocycles. The molecule has 5 unspecified atom stereocenters. The van der Waals surface area contributed by atoms with E-state index in [1.165, 1.54) is 19.6 Å². The Hall–Kier alpha value is -2.94. The number of aliphatic hydroxyl groups is 1. The molecule has 8 nitrogen and oxygen atoms in total. The Kier molecular flexibility index (Phi) is 8.07. The van der Waals surface area contributed by atoms with Crippen molar-refractivity contribution in [3.8, 4) is 5.75 Å². The van der Waals surface area contributed by atoms with E-state index in [4.69, 9.17) is 14.7 Å². The topological polar surface area (TPSA) is 89.8 Å². The van der Waals surface area contributed by atoms with Crippen LogP contribution in [0.5, 0.6) is 5.75 Å². The number of carbonyl (C=O) groups is 1. The van der Waals surface area contributed by atoms with Crippen molar-refractivity contribution < 1.29 is 19.0 Å². The zero-order valence-electron chi connectivity index (χ0n) is 26.3. The predicted octanol–water partition coefficient (Wildman–Crippen LogP) is 4.42. The van der Waals surface area contributed by atoms with Gasteiger partial charge in [-0.15, -0.1) is 0 Å². The number of amides is 1. The molecule has 7 atom stereocenters. The van der Waals surface area contributed by atoms with E-state index in [2.05, 4.69) is 37.1 Å². The molecule has 1 saturated heterocycles. The number of halogens is 1. The van der Waals surface area contributed by atoms with Crippen LogP contribution in [0.1, 0.15) is 65.4 Å². The van der Waals surface area contributed by atoms with Gasteiger partial charge in [-0.1, -0.05) is 39.0 Å². The first-order valence-corrected chi connectivity index (χ1v) is 16.1. The van der Waals surface area contributed by atoms with E-state index >= 15 is 0 Å². The van der Waals surface area contributed by atoms with E-state index in [1.807, 2.05) is 13.0 Å². The molecule has 0 spiro atoms. The maximum absolute atomic E-state index is 14.4. The van der Waals surface area contributed by atoms with Gasteiger partial charge in [0.1, 0.15) is 11.6 Å². The smallest absolute Gasteiger partial charge is 0.236 e. The van der Waals surface area contributed by atoms with Gasteiger partial charge in [-0.3, -0.25) is 9.79 Å². The van der Waals surface area contributed by atoms with Gasteiger partial charge in [0, 0.05) is 31.7 Å². The molecule has 4 fully saturated rings. The van der Waals surface area contributed by atoms with Crippen molar-refractivity contribution in [1.29, 1.82) is 0 Å². The molecule has 43 heavy (non-hydrogen) atoms. The van der Waals surface area contributed by atoms with E-state index < -0.39 is 5.60 Å². The van der Waals surface area contributed by atoms with Crippen LogP contribution in [0, 0.1) is 34.9 Å². The summed E-state index contributed by atoms with van der Waals surface area (Å²) in [5.41, 5.74) is 0.332. The van der Waals surface area contributed by atoms with Crippen molar-refractivity contribution in [1.82, 2.24) is 15.1 Å². The van der Waals surface area contributed by atoms with Crippen molar-refractivity contribution in [2.75, 3.05) is 26.7 Å². The molecule has 2 N–H and O–H groups in total. The van der Waals surface area contributed by atoms with Gasteiger partial charge in [0.25, 0.3) is 0 Å². The number of hydrogen-bond donors (Lipinski definition) is 2. The number of nitrogens with one attached hydrogen (secondary N) is 1. The quantitative estimate of drug-likeness (QED) is 0.290. The van der Waals surface area contributed by atoms with Gasteiger partial charge in [-0.2, -0.15) is 0 Å². The van der Waals surface area contributed by atoms with Gasteiger partial charge in [-0.25, -0.2) is 9.38 Å². The van der Waals surface area contributed by atoms with Crippen LogP contribution in [0.3, 0.4) is 0 Å². The number of fused-ring (bicyclic) bond motifs is 3. The molecule has 234 valence electrons. The normalized spacial score (nSPS) is 34.4. The molecule has 2 heterocycles. The summed E-state index contributed by atoms with van der Waals surface area (Å²) in [4.78, 5) is 27.3. The summed E-state index contributed by atoms with van der Waals surface area (Å²) >= 11 is 0. The number of aliphatic imine (C=N–C) groups is 2. The van der Waals surface area contributed by atoms with Crippen LogP contribution in [-0.4, -0.2) is 83.6 Å². The maximum Gasteiger partial charge on any atom is 0.236 e. The van der Waals surface area contributed by atoms with E-state index in [1.54, 1.807) is 23.4 Å². The van der Waals surface area contributed by atoms with Crippen LogP contribution in [0.2, 0.25) is 0 Å². The average molecular weight is 594 g/mol. The Labute approximate surface area is 255 Å². The lowest BCUT2D eigenvalue weighted by molar-refractivity contribution is -0.131. The van der Waals surface area contributed by atoms with Gasteiger partial charge in [0.2, 0.25) is 5.91 Å². The van der Waals surface area contributed by atoms with Gasteiger partial charge in [-0.05, 0) is 80.2 Å². The van der Waals surface area contributed by atoms with Crippen LogP contribution in [-0.2, 0) is 11.2 Å². The molecule has 4 aliphatic carbocycles. The first-order chi connectivity index (χ1) is 20.4. The molecule has 9 heteroatoms. The Morgan fingerprint density at radius 3 is 2.63 bits per heavy atom. The minimum absolute atomic E-state index is 0.00193. The van der Waals surface area contributed by atoms with Crippen molar-refractivity contribution in [2.45, 2.75) is 89.9 Å². The lowest BCUT2D eigenvalue weighted by Crippen LogP contribution is -2.62. The van der Waals surface area contributed by atoms with Gasteiger partial charge in [0.15, 0.2) is 5.96 Å². The highest BCUT2D eigenvalue weighted by Crippen LogP contribution is 2.61. The molecule has 7 rings (SSSR count). The molecule has 6 aliphatic rings. The fraction of sp³-hybridized carbons (Fsp3) is 0.676. The Morgan fingerprint density at radius 1 is 1.19 bits per heavy atom. The highest BCUT2D eigenvalue weighted by atomic mass is 19.1. The second-order valence-electron chi connectivity index (χ2n) is 14.4. The molecule has 2 bridgehead atoms. The van der Waals surface area contributed by atoms with Crippen molar-refractivity contribution >= 4 is 18.2 Å². The highest BCUT2D eigenvalue weighted by molar-refractivity contribution is 5.93. The minimum atomic E-state index is -0.633. The molecular formula is C34H48FN5O3. The first-order valence-electron chi connectivity index (χ1n) is 16.1. The third kappa shape index (κ3) is 5.94. The van der Waals surface area contributed by atoms with E-state index in [0.717, 1.165) is 37.3 Å². The molecule has 1 aromatic rings. The Bertz CT molecular complexity index is 1300. The van der Waals surface area contributed by atoms with Gasteiger partial charge < -0.3 is 25.0 Å². The number of likely N-dealkylation sites (tertiary alicyclic amines) is 1. The zero-order valence-corrected chi connectivity index (χ0v) is 26.3. The van der Waals surface area contributed by atoms with Crippen LogP contribution in [0.25, 0.3) is 0 Å². The molecule has 1 amide bonds. The van der Waals surface area contributed by atoms with E-state index in [9.17, 15) is 14.3 Å². The first kappa shape index (κ1) is 30.1. The van der Waals surface area contributed by atoms with Crippen LogP contribution >= 0.6 is 0 Å². The zero-order chi connectivity index (χ0) is 30.5. The number of ether oxygens (including phenoxy) is 1. The van der Waals surface area contributed by atoms with Gasteiger partial charge >= 0.3 is 0 Å². The van der Waals surface area contributed by atoms with Crippen molar-refractivity contribution in [2.24, 2.45) is 39.1 Å². The Balaban J connectivity index is 1.13. The van der Waals surface area contributed by atoms with Gasteiger partial charge in [0.05, 0.1) is 37.1 Å². The number of benzene rings is 1. The monoisotopic (exact) mass is 593 g/mol. The van der Waals surface area contributed by atoms with E-state index in [-0.39, 0.29) is 29.7 Å². The number of hydrogen-bond acceptors (Lipinski definition) is 5. The number of methoxy groups -OCH3 is 1. The maximum atomic E-state index is 14.4. The summed E-state index contributed by atoms with van der Waals surface area (Å²) < 4.78 is 19.5. The van der Waals surface area contributed by atoms with Crippen LogP contribution in [0.15, 0.2) is 40.3 Å². The summed E-state index contributed by atoms with van der Waals surface area (Å²) in [6, 6.07) is 4.95. The third-order valence-electron chi connectivity index (χ3n) is 11.4. The summed E-state index contributed by atoms with van der Waals surface area (Å²) in [6.45, 7) is 11.1. The summed E-state index contributed by atoms with van der Waals surface area (Å²) in [5, 5.41) is 14.5. The number of nitrogens with zero attached hydrogens (tertiary/aromatic N) is 4. The second kappa shape index (κ2) is 11.5. The lowest BCUT2D eigenvalue weighted by Gasteiger charge is -2.62. The van der Waals surface area contributed by atoms with E-state index in [0.29, 0.717) is 60.9 Å². The average Bonchev–Trinajstić information content (AvgIpc) is 2.97. The molecule has 3 saturated carbocycles. The number of piperidine rings is 1. The molecule has 2 aliphatic heterocycles. The standard InChI is InChI=1S/C34H48FN5O3/c1-21-27-16-23(33(27,2)3)17-29(21)38-32(39-14-11-34(4,42)12-15-39)37-24-7-9-26-30(18-24)36-20-40(31(26)41)13-10-22-6-8-25(43-5)19-28(22)35/h6-9,19-21,23-24,26-27,29-30,42H,10-18H2,1-5H3,(H,37,38)/t21-,23?,24?,26?,27+,29?,30?/m0/s1. The summed E-state index contributed by atoms with van der Waals surface area (Å²) in [5.74, 6) is 2.79. The number of rotatable bonds is 6. The molecule has 1 aromatic carbocycles. The summed E-state index contributed by atoms with van der Waals surface area (Å²) in [6.07, 6.45) is 10.7. The molecule has 0 radical (unpaired) electrons. The third-order valence-corrected chi connectivity index (χ3v) is 11.4. The van der Waals surface area contributed by atoms with Crippen molar-refractivity contribution in [3.05, 3.63) is 41.7 Å². The number of carbonyl (C=O) groups excluding carboxylic acids is 1. The predicted molar refractivity (Wildman–Crippen MR) is 167 cm³/mol. The lowest BCUT2D eigenvalue weighted by atomic mass is 9.45. The second-order valence-corrected chi connectivity index (χ2v) is 14.4. The summed E-state index contributed by atoms with van der Waals surface area (Å²) in [7, 11) is 1.51. The number of guanidine groups is 1. The van der Waals surface area contributed by atoms with Crippen molar-refractivity contribution in [3.63, 3.8) is 0 Å². The highest BCUT2D eigenvalue weighted by Gasteiger charge is 2.56. The largest absolute Gasteiger partial charge is 0.497 e. The fourth-order valence-electron chi connectivity index (χ4n) is 8.10. The fourth-order valence-corrected chi connectivity index (χ4v) is 8.10. The Morgan fingerprint density at radius 2 is 1.95 bits per heavy atom. The minimum Gasteiger partial charge on any atom is -0.497 e.